The zero-order valence-electron chi connectivity index (χ0n) is 10.2. The molecule has 1 aromatic heterocycles. The van der Waals surface area contributed by atoms with Crippen molar-refractivity contribution in [2.24, 2.45) is 4.99 Å². The molecule has 0 saturated heterocycles. The molecule has 0 saturated carbocycles. The molecule has 104 valence electrons. The number of aryl methyl sites for hydroxylation is 1. The lowest BCUT2D eigenvalue weighted by molar-refractivity contribution is -0.192. The molecule has 1 aliphatic rings. The second kappa shape index (κ2) is 6.31. The van der Waals surface area contributed by atoms with Gasteiger partial charge in [-0.15, -0.1) is 0 Å². The van der Waals surface area contributed by atoms with Crippen molar-refractivity contribution in [2.75, 3.05) is 6.54 Å². The zero-order chi connectivity index (χ0) is 14.5. The first kappa shape index (κ1) is 15.1. The molecule has 19 heavy (non-hydrogen) atoms. The summed E-state index contributed by atoms with van der Waals surface area (Å²) in [5, 5.41) is 7.12. The predicted molar refractivity (Wildman–Crippen MR) is 63.3 cm³/mol. The molecule has 0 unspecified atom stereocenters. The van der Waals surface area contributed by atoms with Gasteiger partial charge in [-0.3, -0.25) is 9.98 Å². The first-order valence-corrected chi connectivity index (χ1v) is 5.57. The van der Waals surface area contributed by atoms with Crippen molar-refractivity contribution in [1.29, 1.82) is 0 Å². The molecule has 0 aromatic carbocycles. The SMILES string of the molecule is Cc1ccc(C2=NCCC2)cn1.O=C(O)C(F)(F)F. The highest BCUT2D eigenvalue weighted by Crippen LogP contribution is 2.13. The summed E-state index contributed by atoms with van der Waals surface area (Å²) in [4.78, 5) is 17.6. The molecule has 0 fully saturated rings. The summed E-state index contributed by atoms with van der Waals surface area (Å²) in [5.41, 5.74) is 3.48. The summed E-state index contributed by atoms with van der Waals surface area (Å²) in [5.74, 6) is -2.76. The molecule has 0 bridgehead atoms. The molecule has 0 radical (unpaired) electrons. The van der Waals surface area contributed by atoms with E-state index in [2.05, 4.69) is 16.0 Å². The molecular weight excluding hydrogens is 261 g/mol. The number of halogens is 3. The number of pyridine rings is 1. The number of nitrogens with zero attached hydrogens (tertiary/aromatic N) is 2. The summed E-state index contributed by atoms with van der Waals surface area (Å²) in [7, 11) is 0. The highest BCUT2D eigenvalue weighted by molar-refractivity contribution is 6.01. The van der Waals surface area contributed by atoms with Gasteiger partial charge in [0.25, 0.3) is 0 Å². The molecule has 1 N–H and O–H groups in total. The van der Waals surface area contributed by atoms with Gasteiger partial charge in [-0.05, 0) is 31.9 Å². The van der Waals surface area contributed by atoms with Crippen molar-refractivity contribution in [3.63, 3.8) is 0 Å². The molecule has 4 nitrogen and oxygen atoms in total. The van der Waals surface area contributed by atoms with E-state index in [1.165, 1.54) is 17.7 Å². The maximum Gasteiger partial charge on any atom is 0.490 e. The van der Waals surface area contributed by atoms with Crippen LogP contribution in [0, 0.1) is 6.92 Å². The molecule has 7 heteroatoms. The monoisotopic (exact) mass is 274 g/mol. The maximum absolute atomic E-state index is 10.6. The molecule has 0 amide bonds. The Bertz CT molecular complexity index is 467. The van der Waals surface area contributed by atoms with Crippen LogP contribution in [0.2, 0.25) is 0 Å². The fraction of sp³-hybridized carbons (Fsp3) is 0.417. The van der Waals surface area contributed by atoms with Crippen molar-refractivity contribution >= 4 is 11.7 Å². The fourth-order valence-electron chi connectivity index (χ4n) is 1.41. The average Bonchev–Trinajstić information content (AvgIpc) is 2.83. The normalized spacial score (nSPS) is 14.4. The molecule has 0 spiro atoms. The van der Waals surface area contributed by atoms with Crippen molar-refractivity contribution < 1.29 is 23.1 Å². The Balaban J connectivity index is 0.000000224. The Kier molecular flexibility index (Phi) is 5.02. The minimum atomic E-state index is -5.08. The van der Waals surface area contributed by atoms with Crippen molar-refractivity contribution in [1.82, 2.24) is 4.98 Å². The minimum absolute atomic E-state index is 0.989. The Labute approximate surface area is 108 Å². The quantitative estimate of drug-likeness (QED) is 0.856. The van der Waals surface area contributed by atoms with Crippen LogP contribution < -0.4 is 0 Å². The van der Waals surface area contributed by atoms with E-state index >= 15 is 0 Å². The van der Waals surface area contributed by atoms with E-state index in [0.29, 0.717) is 0 Å². The number of hydrogen-bond donors (Lipinski definition) is 1. The number of carboxylic acid groups (broad SMARTS) is 1. The van der Waals surface area contributed by atoms with Crippen LogP contribution >= 0.6 is 0 Å². The first-order valence-electron chi connectivity index (χ1n) is 5.57. The van der Waals surface area contributed by atoms with Crippen LogP contribution in [-0.4, -0.2) is 34.5 Å². The summed E-state index contributed by atoms with van der Waals surface area (Å²) < 4.78 is 31.7. The largest absolute Gasteiger partial charge is 0.490 e. The van der Waals surface area contributed by atoms with E-state index in [0.717, 1.165) is 18.7 Å². The number of hydrogen-bond acceptors (Lipinski definition) is 3. The fourth-order valence-corrected chi connectivity index (χ4v) is 1.41. The van der Waals surface area contributed by atoms with Gasteiger partial charge < -0.3 is 5.11 Å². The summed E-state index contributed by atoms with van der Waals surface area (Å²) >= 11 is 0. The Morgan fingerprint density at radius 2 is 2.00 bits per heavy atom. The molecule has 2 heterocycles. The number of aliphatic imine (C=N–C) groups is 1. The molecule has 0 atom stereocenters. The number of rotatable bonds is 1. The van der Waals surface area contributed by atoms with Gasteiger partial charge in [-0.25, -0.2) is 4.79 Å². The number of aromatic nitrogens is 1. The van der Waals surface area contributed by atoms with E-state index in [1.54, 1.807) is 0 Å². The molecule has 0 aliphatic carbocycles. The molecule has 2 rings (SSSR count). The van der Waals surface area contributed by atoms with Crippen LogP contribution in [0.15, 0.2) is 23.3 Å². The summed E-state index contributed by atoms with van der Waals surface area (Å²) in [6.45, 7) is 2.99. The van der Waals surface area contributed by atoms with Gasteiger partial charge in [0.1, 0.15) is 0 Å². The van der Waals surface area contributed by atoms with Crippen LogP contribution in [0.1, 0.15) is 24.1 Å². The molecular formula is C12H13F3N2O2. The number of carbonyl (C=O) groups is 1. The van der Waals surface area contributed by atoms with Crippen molar-refractivity contribution in [2.45, 2.75) is 25.9 Å². The van der Waals surface area contributed by atoms with Crippen LogP contribution in [0.3, 0.4) is 0 Å². The lowest BCUT2D eigenvalue weighted by Gasteiger charge is -1.98. The standard InChI is InChI=1S/C10H12N2.C2HF3O2/c1-8-4-5-9(7-12-8)10-3-2-6-11-10;3-2(4,5)1(6)7/h4-5,7H,2-3,6H2,1H3;(H,6,7). The van der Waals surface area contributed by atoms with Gasteiger partial charge in [-0.1, -0.05) is 0 Å². The van der Waals surface area contributed by atoms with Crippen molar-refractivity contribution in [3.05, 3.63) is 29.6 Å². The van der Waals surface area contributed by atoms with Crippen LogP contribution in [0.4, 0.5) is 13.2 Å². The average molecular weight is 274 g/mol. The third-order valence-electron chi connectivity index (χ3n) is 2.36. The van der Waals surface area contributed by atoms with Gasteiger partial charge in [0.2, 0.25) is 0 Å². The van der Waals surface area contributed by atoms with Crippen molar-refractivity contribution in [3.8, 4) is 0 Å². The highest BCUT2D eigenvalue weighted by Gasteiger charge is 2.38. The molecule has 1 aliphatic heterocycles. The smallest absolute Gasteiger partial charge is 0.475 e. The molecule has 1 aromatic rings. The van der Waals surface area contributed by atoms with E-state index in [1.807, 2.05) is 19.2 Å². The third kappa shape index (κ3) is 5.07. The third-order valence-corrected chi connectivity index (χ3v) is 2.36. The van der Waals surface area contributed by atoms with Gasteiger partial charge in [0.05, 0.1) is 0 Å². The lowest BCUT2D eigenvalue weighted by atomic mass is 10.1. The number of aliphatic carboxylic acids is 1. The van der Waals surface area contributed by atoms with Gasteiger partial charge in [0.15, 0.2) is 0 Å². The van der Waals surface area contributed by atoms with E-state index in [9.17, 15) is 13.2 Å². The Morgan fingerprint density at radius 1 is 1.37 bits per heavy atom. The lowest BCUT2D eigenvalue weighted by Crippen LogP contribution is -2.21. The second-order valence-corrected chi connectivity index (χ2v) is 3.92. The number of alkyl halides is 3. The van der Waals surface area contributed by atoms with Gasteiger partial charge in [0, 0.05) is 29.7 Å². The summed E-state index contributed by atoms with van der Waals surface area (Å²) in [6.07, 6.45) is -0.854. The van der Waals surface area contributed by atoms with E-state index in [-0.39, 0.29) is 0 Å². The van der Waals surface area contributed by atoms with Crippen LogP contribution in [-0.2, 0) is 4.79 Å². The zero-order valence-corrected chi connectivity index (χ0v) is 10.2. The topological polar surface area (TPSA) is 62.5 Å². The van der Waals surface area contributed by atoms with E-state index < -0.39 is 12.1 Å². The van der Waals surface area contributed by atoms with Gasteiger partial charge >= 0.3 is 12.1 Å². The minimum Gasteiger partial charge on any atom is -0.475 e. The van der Waals surface area contributed by atoms with E-state index in [4.69, 9.17) is 9.90 Å². The Hall–Kier alpha value is -1.92. The summed E-state index contributed by atoms with van der Waals surface area (Å²) in [6, 6.07) is 4.14. The first-order chi connectivity index (χ1) is 8.80. The number of carboxylic acids is 1. The Morgan fingerprint density at radius 3 is 2.37 bits per heavy atom. The second-order valence-electron chi connectivity index (χ2n) is 3.92. The van der Waals surface area contributed by atoms with Crippen LogP contribution in [0.5, 0.6) is 0 Å². The maximum atomic E-state index is 10.6. The van der Waals surface area contributed by atoms with Gasteiger partial charge in [-0.2, -0.15) is 13.2 Å². The highest BCUT2D eigenvalue weighted by atomic mass is 19.4. The van der Waals surface area contributed by atoms with Crippen LogP contribution in [0.25, 0.3) is 0 Å². The predicted octanol–water partition coefficient (Wildman–Crippen LogP) is 2.61.